The van der Waals surface area contributed by atoms with Gasteiger partial charge < -0.3 is 4.57 Å². The van der Waals surface area contributed by atoms with Crippen LogP contribution in [0.4, 0.5) is 5.69 Å². The summed E-state index contributed by atoms with van der Waals surface area (Å²) in [6.07, 6.45) is 2.96. The molecule has 0 radical (unpaired) electrons. The number of rotatable bonds is 2. The first-order valence-electron chi connectivity index (χ1n) is 8.42. The van der Waals surface area contributed by atoms with E-state index in [0.717, 1.165) is 24.2 Å². The molecule has 126 valence electrons. The third-order valence-electron chi connectivity index (χ3n) is 5.44. The van der Waals surface area contributed by atoms with Crippen LogP contribution in [0.1, 0.15) is 11.3 Å². The zero-order chi connectivity index (χ0) is 17.1. The standard InChI is InChI=1S/C20H18N2O2S/c23-25(24,17-8-2-1-3-9-17)22-15-20(18-10-4-5-11-19(18)22)13-16-7-6-12-21(16)14-20/h1-12H,13-15H2. The van der Waals surface area contributed by atoms with E-state index in [0.29, 0.717) is 11.4 Å². The SMILES string of the molecule is O=S(=O)(c1ccccc1)N1CC2(Cc3cccn3C2)c2ccccc21. The number of anilines is 1. The molecule has 1 spiro atoms. The fourth-order valence-electron chi connectivity index (χ4n) is 4.30. The van der Waals surface area contributed by atoms with Gasteiger partial charge in [0.05, 0.1) is 10.6 Å². The quantitative estimate of drug-likeness (QED) is 0.712. The lowest BCUT2D eigenvalue weighted by Crippen LogP contribution is -2.38. The van der Waals surface area contributed by atoms with Crippen LogP contribution < -0.4 is 4.31 Å². The molecular weight excluding hydrogens is 332 g/mol. The monoisotopic (exact) mass is 350 g/mol. The van der Waals surface area contributed by atoms with Crippen LogP contribution in [-0.4, -0.2) is 19.5 Å². The van der Waals surface area contributed by atoms with Gasteiger partial charge in [-0.2, -0.15) is 0 Å². The van der Waals surface area contributed by atoms with E-state index >= 15 is 0 Å². The molecule has 0 saturated heterocycles. The molecule has 1 aromatic heterocycles. The van der Waals surface area contributed by atoms with Crippen LogP contribution in [0, 0.1) is 0 Å². The lowest BCUT2D eigenvalue weighted by molar-refractivity contribution is 0.449. The Hall–Kier alpha value is -2.53. The molecule has 4 nitrogen and oxygen atoms in total. The molecule has 3 heterocycles. The smallest absolute Gasteiger partial charge is 0.264 e. The van der Waals surface area contributed by atoms with Crippen molar-refractivity contribution in [1.82, 2.24) is 4.57 Å². The van der Waals surface area contributed by atoms with Crippen molar-refractivity contribution in [3.8, 4) is 0 Å². The number of fused-ring (bicyclic) bond motifs is 3. The fraction of sp³-hybridized carbons (Fsp3) is 0.200. The topological polar surface area (TPSA) is 42.3 Å². The van der Waals surface area contributed by atoms with E-state index in [4.69, 9.17) is 0 Å². The Morgan fingerprint density at radius 2 is 1.60 bits per heavy atom. The second-order valence-corrected chi connectivity index (χ2v) is 8.79. The lowest BCUT2D eigenvalue weighted by Gasteiger charge is -2.25. The van der Waals surface area contributed by atoms with Gasteiger partial charge in [-0.1, -0.05) is 36.4 Å². The Balaban J connectivity index is 1.64. The number of benzene rings is 2. The molecule has 0 N–H and O–H groups in total. The third kappa shape index (κ3) is 2.02. The van der Waals surface area contributed by atoms with Gasteiger partial charge in [0, 0.05) is 36.8 Å². The Morgan fingerprint density at radius 1 is 0.840 bits per heavy atom. The van der Waals surface area contributed by atoms with Crippen molar-refractivity contribution in [2.45, 2.75) is 23.3 Å². The van der Waals surface area contributed by atoms with E-state index in [2.05, 4.69) is 29.0 Å². The van der Waals surface area contributed by atoms with E-state index in [1.807, 2.05) is 24.3 Å². The summed E-state index contributed by atoms with van der Waals surface area (Å²) in [4.78, 5) is 0.347. The molecular formula is C20H18N2O2S. The van der Waals surface area contributed by atoms with Crippen LogP contribution in [-0.2, 0) is 28.4 Å². The molecule has 5 heteroatoms. The van der Waals surface area contributed by atoms with E-state index in [-0.39, 0.29) is 5.41 Å². The van der Waals surface area contributed by atoms with E-state index in [9.17, 15) is 8.42 Å². The van der Waals surface area contributed by atoms with Gasteiger partial charge in [-0.3, -0.25) is 4.31 Å². The van der Waals surface area contributed by atoms with Gasteiger partial charge in [0.2, 0.25) is 0 Å². The highest BCUT2D eigenvalue weighted by molar-refractivity contribution is 7.92. The average Bonchev–Trinajstić information content (AvgIpc) is 3.29. The second-order valence-electron chi connectivity index (χ2n) is 6.93. The Kier molecular flexibility index (Phi) is 2.95. The van der Waals surface area contributed by atoms with Gasteiger partial charge in [-0.25, -0.2) is 8.42 Å². The zero-order valence-electron chi connectivity index (χ0n) is 13.7. The highest BCUT2D eigenvalue weighted by atomic mass is 32.2. The molecule has 0 bridgehead atoms. The highest BCUT2D eigenvalue weighted by Gasteiger charge is 2.49. The Bertz CT molecular complexity index is 1030. The third-order valence-corrected chi connectivity index (χ3v) is 7.21. The largest absolute Gasteiger partial charge is 0.350 e. The molecule has 0 amide bonds. The number of nitrogens with zero attached hydrogens (tertiary/aromatic N) is 2. The first-order valence-corrected chi connectivity index (χ1v) is 9.86. The van der Waals surface area contributed by atoms with E-state index in [1.54, 1.807) is 28.6 Å². The van der Waals surface area contributed by atoms with Gasteiger partial charge in [-0.15, -0.1) is 0 Å². The van der Waals surface area contributed by atoms with Crippen LogP contribution in [0.15, 0.2) is 77.8 Å². The molecule has 1 unspecified atom stereocenters. The predicted octanol–water partition coefficient (Wildman–Crippen LogP) is 3.19. The summed E-state index contributed by atoms with van der Waals surface area (Å²) in [5.41, 5.74) is 3.05. The van der Waals surface area contributed by atoms with Crippen molar-refractivity contribution < 1.29 is 8.42 Å². The van der Waals surface area contributed by atoms with Gasteiger partial charge in [-0.05, 0) is 35.9 Å². The number of para-hydroxylation sites is 1. The van der Waals surface area contributed by atoms with Crippen LogP contribution in [0.25, 0.3) is 0 Å². The van der Waals surface area contributed by atoms with Crippen LogP contribution in [0.2, 0.25) is 0 Å². The number of hydrogen-bond acceptors (Lipinski definition) is 2. The first-order chi connectivity index (χ1) is 12.1. The van der Waals surface area contributed by atoms with Crippen molar-refractivity contribution in [3.63, 3.8) is 0 Å². The van der Waals surface area contributed by atoms with E-state index < -0.39 is 10.0 Å². The summed E-state index contributed by atoms with van der Waals surface area (Å²) >= 11 is 0. The van der Waals surface area contributed by atoms with E-state index in [1.165, 1.54) is 5.69 Å². The van der Waals surface area contributed by atoms with Gasteiger partial charge in [0.1, 0.15) is 0 Å². The summed E-state index contributed by atoms with van der Waals surface area (Å²) in [6, 6.07) is 20.8. The first kappa shape index (κ1) is 14.8. The van der Waals surface area contributed by atoms with Crippen LogP contribution in [0.3, 0.4) is 0 Å². The van der Waals surface area contributed by atoms with Crippen molar-refractivity contribution in [2.24, 2.45) is 0 Å². The van der Waals surface area contributed by atoms with Gasteiger partial charge >= 0.3 is 0 Å². The molecule has 1 atom stereocenters. The summed E-state index contributed by atoms with van der Waals surface area (Å²) < 4.78 is 30.4. The number of hydrogen-bond donors (Lipinski definition) is 0. The summed E-state index contributed by atoms with van der Waals surface area (Å²) in [5.74, 6) is 0. The number of aromatic nitrogens is 1. The van der Waals surface area contributed by atoms with Crippen LogP contribution in [0.5, 0.6) is 0 Å². The predicted molar refractivity (Wildman–Crippen MR) is 97.2 cm³/mol. The minimum Gasteiger partial charge on any atom is -0.350 e. The number of sulfonamides is 1. The Morgan fingerprint density at radius 3 is 2.40 bits per heavy atom. The molecule has 0 saturated carbocycles. The molecule has 0 fully saturated rings. The normalized spacial score (nSPS) is 21.5. The van der Waals surface area contributed by atoms with Crippen molar-refractivity contribution >= 4 is 15.7 Å². The highest BCUT2D eigenvalue weighted by Crippen LogP contribution is 2.48. The molecule has 2 aliphatic rings. The lowest BCUT2D eigenvalue weighted by atomic mass is 9.80. The Labute approximate surface area is 147 Å². The van der Waals surface area contributed by atoms with Crippen LogP contribution >= 0.6 is 0 Å². The summed E-state index contributed by atoms with van der Waals surface area (Å²) in [7, 11) is -3.56. The summed E-state index contributed by atoms with van der Waals surface area (Å²) in [5, 5.41) is 0. The minimum atomic E-state index is -3.56. The maximum absolute atomic E-state index is 13.3. The van der Waals surface area contributed by atoms with Crippen molar-refractivity contribution in [3.05, 3.63) is 84.2 Å². The minimum absolute atomic E-state index is 0.172. The molecule has 2 aromatic carbocycles. The maximum Gasteiger partial charge on any atom is 0.264 e. The van der Waals surface area contributed by atoms with Gasteiger partial charge in [0.15, 0.2) is 0 Å². The maximum atomic E-state index is 13.3. The summed E-state index contributed by atoms with van der Waals surface area (Å²) in [6.45, 7) is 1.32. The van der Waals surface area contributed by atoms with Crippen molar-refractivity contribution in [2.75, 3.05) is 10.8 Å². The zero-order valence-corrected chi connectivity index (χ0v) is 14.5. The fourth-order valence-corrected chi connectivity index (χ4v) is 5.89. The molecule has 0 aliphatic carbocycles. The van der Waals surface area contributed by atoms with Gasteiger partial charge in [0.25, 0.3) is 10.0 Å². The molecule has 25 heavy (non-hydrogen) atoms. The molecule has 5 rings (SSSR count). The average molecular weight is 350 g/mol. The van der Waals surface area contributed by atoms with Crippen molar-refractivity contribution in [1.29, 1.82) is 0 Å². The second kappa shape index (κ2) is 4.99. The molecule has 3 aromatic rings. The molecule has 2 aliphatic heterocycles.